The number of amides is 3. The molecule has 1 aliphatic rings. The summed E-state index contributed by atoms with van der Waals surface area (Å²) in [6.07, 6.45) is 3.50. The number of hydrogen-bond acceptors (Lipinski definition) is 10. The van der Waals surface area contributed by atoms with Crippen molar-refractivity contribution in [3.05, 3.63) is 59.9 Å². The highest BCUT2D eigenvalue weighted by Gasteiger charge is 2.34. The van der Waals surface area contributed by atoms with Crippen molar-refractivity contribution in [1.29, 1.82) is 0 Å². The minimum atomic E-state index is -4.61. The van der Waals surface area contributed by atoms with Gasteiger partial charge in [-0.3, -0.25) is 18.9 Å². The fourth-order valence-electron chi connectivity index (χ4n) is 5.74. The Kier molecular flexibility index (Phi) is 13.7. The molecule has 0 saturated carbocycles. The third kappa shape index (κ3) is 10.1. The van der Waals surface area contributed by atoms with Crippen LogP contribution in [0, 0.1) is 5.92 Å². The molecule has 16 heteroatoms. The van der Waals surface area contributed by atoms with Crippen LogP contribution >= 0.6 is 7.60 Å². The van der Waals surface area contributed by atoms with Gasteiger partial charge in [0.05, 0.1) is 48.3 Å². The van der Waals surface area contributed by atoms with Crippen molar-refractivity contribution >= 4 is 42.8 Å². The van der Waals surface area contributed by atoms with Gasteiger partial charge in [-0.2, -0.15) is 5.06 Å². The van der Waals surface area contributed by atoms with Crippen LogP contribution in [0.3, 0.4) is 0 Å². The number of rotatable bonds is 18. The van der Waals surface area contributed by atoms with Gasteiger partial charge in [0.1, 0.15) is 23.9 Å². The third-order valence-corrected chi connectivity index (χ3v) is 9.34. The van der Waals surface area contributed by atoms with Crippen molar-refractivity contribution in [2.45, 2.75) is 58.9 Å². The Hall–Kier alpha value is -4.85. The molecule has 0 aliphatic carbocycles. The van der Waals surface area contributed by atoms with Gasteiger partial charge in [0.2, 0.25) is 12.3 Å². The molecule has 0 saturated heterocycles. The molecule has 3 aromatic rings. The smallest absolute Gasteiger partial charge is 0.363 e. The fourth-order valence-corrected chi connectivity index (χ4v) is 6.34. The highest BCUT2D eigenvalue weighted by molar-refractivity contribution is 7.60. The summed E-state index contributed by atoms with van der Waals surface area (Å²) in [6, 6.07) is 11.0. The highest BCUT2D eigenvalue weighted by atomic mass is 31.2. The maximum Gasteiger partial charge on any atom is 0.363 e. The molecule has 1 unspecified atom stereocenters. The lowest BCUT2D eigenvalue weighted by Gasteiger charge is -2.32. The fraction of sp³-hybridized carbons (Fsp3) is 0.429. The number of hydroxylamine groups is 2. The maximum absolute atomic E-state index is 13.6. The van der Waals surface area contributed by atoms with Crippen molar-refractivity contribution in [2.75, 3.05) is 38.4 Å². The van der Waals surface area contributed by atoms with E-state index in [1.165, 1.54) is 30.3 Å². The van der Waals surface area contributed by atoms with Crippen LogP contribution in [0.25, 0.3) is 11.3 Å². The Morgan fingerprint density at radius 2 is 1.84 bits per heavy atom. The lowest BCUT2D eigenvalue weighted by molar-refractivity contribution is -0.171. The zero-order chi connectivity index (χ0) is 37.1. The van der Waals surface area contributed by atoms with Gasteiger partial charge >= 0.3 is 13.6 Å². The molecule has 2 aromatic carbocycles. The largest absolute Gasteiger partial charge is 0.494 e. The molecule has 1 aromatic heterocycles. The molecule has 0 radical (unpaired) electrons. The first-order chi connectivity index (χ1) is 24.4. The number of carbonyl (C=O) groups is 4. The van der Waals surface area contributed by atoms with Gasteiger partial charge in [-0.25, -0.2) is 4.79 Å². The van der Waals surface area contributed by atoms with Gasteiger partial charge in [0, 0.05) is 12.6 Å². The quantitative estimate of drug-likeness (QED) is 0.0484. The van der Waals surface area contributed by atoms with E-state index in [2.05, 4.69) is 10.6 Å². The zero-order valence-electron chi connectivity index (χ0n) is 29.1. The molecule has 0 spiro atoms. The van der Waals surface area contributed by atoms with Crippen molar-refractivity contribution in [2.24, 2.45) is 5.92 Å². The maximum atomic E-state index is 13.6. The number of likely N-dealkylation sites (N-methyl/N-ethyl adjacent to an activating group) is 1. The van der Waals surface area contributed by atoms with Crippen LogP contribution in [0.15, 0.2) is 52.9 Å². The number of unbranched alkanes of at least 4 members (excludes halogenated alkanes) is 2. The first-order valence-corrected chi connectivity index (χ1v) is 18.4. The van der Waals surface area contributed by atoms with Crippen LogP contribution in [-0.4, -0.2) is 78.6 Å². The minimum absolute atomic E-state index is 0.108. The molecule has 2 atom stereocenters. The Morgan fingerprint density at radius 3 is 2.53 bits per heavy atom. The predicted molar refractivity (Wildman–Crippen MR) is 188 cm³/mol. The summed E-state index contributed by atoms with van der Waals surface area (Å²) in [4.78, 5) is 78.8. The van der Waals surface area contributed by atoms with E-state index in [9.17, 15) is 33.5 Å². The normalized spacial score (nSPS) is 13.6. The average Bonchev–Trinajstić information content (AvgIpc) is 3.61. The van der Waals surface area contributed by atoms with Crippen LogP contribution in [-0.2, 0) is 19.0 Å². The summed E-state index contributed by atoms with van der Waals surface area (Å²) in [6.45, 7) is 6.69. The van der Waals surface area contributed by atoms with Crippen LogP contribution in [0.1, 0.15) is 73.8 Å². The first-order valence-electron chi connectivity index (χ1n) is 16.8. The second kappa shape index (κ2) is 17.9. The number of benzene rings is 2. The number of ether oxygens (including phenoxy) is 2. The number of anilines is 1. The standard InChI is InChI=1S/C35H45N4O11P/c1-5-8-9-10-27(28(6-2)39(22-40)50-35(43)23-11-12-31-29(19-23)38(4)15-16-48-31)33(41)36-21-37-34(42)32-14-13-30(49-32)24-17-25(47-7-3)20-26(18-24)51(44,45)46/h11-14,17-20,22,27-28H,5-10,15-16,21H2,1-4H3,(H,36,41)(H,37,42)(H2,44,45,46)/t27?,28-/m1/s1. The molecule has 15 nitrogen and oxygen atoms in total. The Bertz CT molecular complexity index is 1740. The van der Waals surface area contributed by atoms with Gasteiger partial charge in [0.15, 0.2) is 5.76 Å². The molecule has 0 bridgehead atoms. The van der Waals surface area contributed by atoms with E-state index in [0.29, 0.717) is 50.1 Å². The van der Waals surface area contributed by atoms with E-state index in [0.717, 1.165) is 23.6 Å². The predicted octanol–water partition coefficient (Wildman–Crippen LogP) is 3.99. The summed E-state index contributed by atoms with van der Waals surface area (Å²) in [7, 11) is -2.73. The van der Waals surface area contributed by atoms with E-state index in [1.807, 2.05) is 18.9 Å². The van der Waals surface area contributed by atoms with Crippen LogP contribution < -0.4 is 30.3 Å². The number of fused-ring (bicyclic) bond motifs is 1. The van der Waals surface area contributed by atoms with Crippen molar-refractivity contribution in [3.8, 4) is 22.8 Å². The zero-order valence-corrected chi connectivity index (χ0v) is 30.0. The number of carbonyl (C=O) groups excluding carboxylic acids is 4. The topological polar surface area (TPSA) is 197 Å². The monoisotopic (exact) mass is 728 g/mol. The van der Waals surface area contributed by atoms with E-state index in [-0.39, 0.29) is 41.4 Å². The molecule has 4 rings (SSSR count). The summed E-state index contributed by atoms with van der Waals surface area (Å²) in [5, 5.41) is 5.89. The number of furan rings is 1. The Balaban J connectivity index is 1.42. The molecular formula is C35H45N4O11P. The van der Waals surface area contributed by atoms with Gasteiger partial charge in [-0.05, 0) is 68.3 Å². The SMILES string of the molecule is CCCCCC(C(=O)NCNC(=O)c1ccc(-c2cc(OCC)cc(P(=O)(O)O)c2)o1)[C@@H](CC)N(C=O)OC(=O)c1ccc2c(c1)N(C)CCO2. The molecule has 276 valence electrons. The van der Waals surface area contributed by atoms with Gasteiger partial charge in [-0.1, -0.05) is 33.1 Å². The van der Waals surface area contributed by atoms with E-state index >= 15 is 0 Å². The average molecular weight is 729 g/mol. The van der Waals surface area contributed by atoms with Crippen molar-refractivity contribution in [1.82, 2.24) is 15.7 Å². The molecule has 2 heterocycles. The lowest BCUT2D eigenvalue weighted by atomic mass is 9.90. The van der Waals surface area contributed by atoms with Gasteiger partial charge < -0.3 is 44.0 Å². The molecule has 1 aliphatic heterocycles. The molecule has 51 heavy (non-hydrogen) atoms. The molecule has 0 fully saturated rings. The van der Waals surface area contributed by atoms with E-state index in [4.69, 9.17) is 18.7 Å². The van der Waals surface area contributed by atoms with Crippen LogP contribution in [0.4, 0.5) is 5.69 Å². The second-order valence-corrected chi connectivity index (χ2v) is 13.6. The van der Waals surface area contributed by atoms with Gasteiger partial charge in [-0.15, -0.1) is 0 Å². The Labute approximate surface area is 296 Å². The first kappa shape index (κ1) is 38.9. The third-order valence-electron chi connectivity index (χ3n) is 8.41. The van der Waals surface area contributed by atoms with Gasteiger partial charge in [0.25, 0.3) is 5.91 Å². The minimum Gasteiger partial charge on any atom is -0.494 e. The number of hydrogen-bond donors (Lipinski definition) is 4. The van der Waals surface area contributed by atoms with E-state index < -0.39 is 37.3 Å². The Morgan fingerprint density at radius 1 is 1.06 bits per heavy atom. The number of nitrogens with zero attached hydrogens (tertiary/aromatic N) is 2. The highest BCUT2D eigenvalue weighted by Crippen LogP contribution is 2.37. The molecular weight excluding hydrogens is 683 g/mol. The molecule has 3 amide bonds. The summed E-state index contributed by atoms with van der Waals surface area (Å²) in [5.74, 6) is -1.72. The van der Waals surface area contributed by atoms with Crippen LogP contribution in [0.2, 0.25) is 0 Å². The van der Waals surface area contributed by atoms with Crippen molar-refractivity contribution in [3.63, 3.8) is 0 Å². The van der Waals surface area contributed by atoms with Crippen LogP contribution in [0.5, 0.6) is 11.5 Å². The summed E-state index contributed by atoms with van der Waals surface area (Å²) in [5.41, 5.74) is 1.23. The summed E-state index contributed by atoms with van der Waals surface area (Å²) < 4.78 is 28.7. The number of nitrogens with one attached hydrogen (secondary N) is 2. The van der Waals surface area contributed by atoms with E-state index in [1.54, 1.807) is 32.0 Å². The molecule has 4 N–H and O–H groups in total. The van der Waals surface area contributed by atoms with Crippen molar-refractivity contribution < 1.29 is 52.3 Å². The summed E-state index contributed by atoms with van der Waals surface area (Å²) >= 11 is 0. The lowest BCUT2D eigenvalue weighted by Crippen LogP contribution is -2.49. The second-order valence-electron chi connectivity index (χ2n) is 12.0.